The highest BCUT2D eigenvalue weighted by atomic mass is 32.1. The molecule has 0 bridgehead atoms. The number of rotatable bonds is 4. The van der Waals surface area contributed by atoms with Crippen LogP contribution in [0.1, 0.15) is 37.8 Å². The van der Waals surface area contributed by atoms with E-state index in [1.807, 2.05) is 13.8 Å². The normalized spacial score (nSPS) is 10.6. The second-order valence-corrected chi connectivity index (χ2v) is 6.23. The van der Waals surface area contributed by atoms with Crippen LogP contribution in [0.3, 0.4) is 0 Å². The summed E-state index contributed by atoms with van der Waals surface area (Å²) in [6.07, 6.45) is 0.151. The minimum absolute atomic E-state index is 0.151. The lowest BCUT2D eigenvalue weighted by atomic mass is 10.1. The van der Waals surface area contributed by atoms with E-state index in [-0.39, 0.29) is 12.3 Å². The van der Waals surface area contributed by atoms with Crippen molar-refractivity contribution in [3.63, 3.8) is 0 Å². The third kappa shape index (κ3) is 3.04. The number of thiophene rings is 1. The number of aromatic nitrogens is 1. The average Bonchev–Trinajstić information content (AvgIpc) is 2.92. The third-order valence-corrected chi connectivity index (χ3v) is 4.67. The number of carbonyl (C=O) groups is 2. The Balaban J connectivity index is 2.22. The second kappa shape index (κ2) is 6.31. The summed E-state index contributed by atoms with van der Waals surface area (Å²) in [5, 5.41) is 7.13. The van der Waals surface area contributed by atoms with Crippen LogP contribution in [-0.4, -0.2) is 24.1 Å². The van der Waals surface area contributed by atoms with E-state index < -0.39 is 5.97 Å². The highest BCUT2D eigenvalue weighted by molar-refractivity contribution is 7.16. The zero-order valence-electron chi connectivity index (χ0n) is 13.2. The fourth-order valence-corrected chi connectivity index (χ4v) is 3.21. The van der Waals surface area contributed by atoms with Crippen molar-refractivity contribution in [2.45, 2.75) is 34.1 Å². The first-order chi connectivity index (χ1) is 10.3. The molecule has 0 saturated carbocycles. The molecule has 0 aliphatic carbocycles. The Labute approximate surface area is 132 Å². The predicted molar refractivity (Wildman–Crippen MR) is 83.4 cm³/mol. The van der Waals surface area contributed by atoms with Gasteiger partial charge in [0.2, 0.25) is 5.91 Å². The van der Waals surface area contributed by atoms with Crippen LogP contribution in [0.2, 0.25) is 0 Å². The van der Waals surface area contributed by atoms with Crippen LogP contribution in [0, 0.1) is 27.7 Å². The van der Waals surface area contributed by atoms with Gasteiger partial charge in [0.15, 0.2) is 0 Å². The Hall–Kier alpha value is -2.15. The monoisotopic (exact) mass is 322 g/mol. The first kappa shape index (κ1) is 16.2. The van der Waals surface area contributed by atoms with Crippen LogP contribution < -0.4 is 5.32 Å². The summed E-state index contributed by atoms with van der Waals surface area (Å²) in [4.78, 5) is 25.1. The van der Waals surface area contributed by atoms with Gasteiger partial charge in [0.05, 0.1) is 24.8 Å². The maximum Gasteiger partial charge on any atom is 0.341 e. The Bertz CT molecular complexity index is 711. The first-order valence-corrected chi connectivity index (χ1v) is 7.56. The Morgan fingerprint density at radius 3 is 2.50 bits per heavy atom. The van der Waals surface area contributed by atoms with Crippen LogP contribution in [0.25, 0.3) is 0 Å². The van der Waals surface area contributed by atoms with Crippen LogP contribution >= 0.6 is 11.3 Å². The van der Waals surface area contributed by atoms with Gasteiger partial charge in [-0.1, -0.05) is 5.16 Å². The van der Waals surface area contributed by atoms with E-state index in [2.05, 4.69) is 10.5 Å². The lowest BCUT2D eigenvalue weighted by Crippen LogP contribution is -2.16. The van der Waals surface area contributed by atoms with Crippen molar-refractivity contribution in [3.8, 4) is 0 Å². The Kier molecular flexibility index (Phi) is 4.65. The lowest BCUT2D eigenvalue weighted by Gasteiger charge is -2.06. The molecule has 0 aromatic carbocycles. The van der Waals surface area contributed by atoms with Crippen molar-refractivity contribution in [1.29, 1.82) is 0 Å². The highest BCUT2D eigenvalue weighted by Gasteiger charge is 2.22. The number of hydrogen-bond acceptors (Lipinski definition) is 6. The molecule has 0 saturated heterocycles. The first-order valence-electron chi connectivity index (χ1n) is 6.75. The quantitative estimate of drug-likeness (QED) is 0.875. The number of carbonyl (C=O) groups excluding carboxylic acids is 2. The van der Waals surface area contributed by atoms with E-state index in [9.17, 15) is 9.59 Å². The van der Waals surface area contributed by atoms with Gasteiger partial charge in [-0.3, -0.25) is 4.79 Å². The molecule has 0 radical (unpaired) electrons. The largest absolute Gasteiger partial charge is 0.465 e. The summed E-state index contributed by atoms with van der Waals surface area (Å²) < 4.78 is 9.84. The van der Waals surface area contributed by atoms with Crippen molar-refractivity contribution in [1.82, 2.24) is 5.16 Å². The fourth-order valence-electron chi connectivity index (χ4n) is 2.15. The molecule has 1 N–H and O–H groups in total. The van der Waals surface area contributed by atoms with Crippen molar-refractivity contribution >= 4 is 28.2 Å². The van der Waals surface area contributed by atoms with Gasteiger partial charge >= 0.3 is 5.97 Å². The number of anilines is 1. The third-order valence-electron chi connectivity index (χ3n) is 3.55. The summed E-state index contributed by atoms with van der Waals surface area (Å²) >= 11 is 1.36. The van der Waals surface area contributed by atoms with E-state index in [0.29, 0.717) is 22.0 Å². The molecule has 2 rings (SSSR count). The van der Waals surface area contributed by atoms with Crippen LogP contribution in [0.4, 0.5) is 5.00 Å². The van der Waals surface area contributed by atoms with Crippen LogP contribution in [-0.2, 0) is 16.0 Å². The number of nitrogens with zero attached hydrogens (tertiary/aromatic N) is 1. The molecule has 0 unspecified atom stereocenters. The maximum atomic E-state index is 12.2. The molecule has 0 atom stereocenters. The van der Waals surface area contributed by atoms with E-state index in [4.69, 9.17) is 9.26 Å². The molecule has 2 heterocycles. The summed E-state index contributed by atoms with van der Waals surface area (Å²) in [7, 11) is 1.32. The molecule has 6 nitrogen and oxygen atoms in total. The smallest absolute Gasteiger partial charge is 0.341 e. The Morgan fingerprint density at radius 1 is 1.27 bits per heavy atom. The minimum Gasteiger partial charge on any atom is -0.465 e. The van der Waals surface area contributed by atoms with Gasteiger partial charge in [-0.2, -0.15) is 0 Å². The number of methoxy groups -OCH3 is 1. The lowest BCUT2D eigenvalue weighted by molar-refractivity contribution is -0.115. The topological polar surface area (TPSA) is 81.4 Å². The van der Waals surface area contributed by atoms with E-state index >= 15 is 0 Å². The maximum absolute atomic E-state index is 12.2. The van der Waals surface area contributed by atoms with Gasteiger partial charge in [0.1, 0.15) is 10.8 Å². The summed E-state index contributed by atoms with van der Waals surface area (Å²) in [6, 6.07) is 0. The van der Waals surface area contributed by atoms with Crippen LogP contribution in [0.15, 0.2) is 4.52 Å². The summed E-state index contributed by atoms with van der Waals surface area (Å²) in [6.45, 7) is 7.29. The zero-order chi connectivity index (χ0) is 16.4. The van der Waals surface area contributed by atoms with E-state index in [0.717, 1.165) is 16.0 Å². The second-order valence-electron chi connectivity index (χ2n) is 5.01. The van der Waals surface area contributed by atoms with E-state index in [1.165, 1.54) is 18.4 Å². The molecule has 2 aromatic rings. The Morgan fingerprint density at radius 2 is 1.95 bits per heavy atom. The zero-order valence-corrected chi connectivity index (χ0v) is 14.0. The number of nitrogens with one attached hydrogen (secondary N) is 1. The van der Waals surface area contributed by atoms with Gasteiger partial charge in [0, 0.05) is 10.4 Å². The molecule has 0 fully saturated rings. The number of ether oxygens (including phenoxy) is 1. The van der Waals surface area contributed by atoms with Gasteiger partial charge in [0.25, 0.3) is 0 Å². The molecule has 22 heavy (non-hydrogen) atoms. The average molecular weight is 322 g/mol. The molecular formula is C15H18N2O4S. The molecule has 118 valence electrons. The molecule has 2 aromatic heterocycles. The molecule has 7 heteroatoms. The number of hydrogen-bond donors (Lipinski definition) is 1. The summed E-state index contributed by atoms with van der Waals surface area (Å²) in [5.74, 6) is -0.0466. The summed E-state index contributed by atoms with van der Waals surface area (Å²) in [5.41, 5.74) is 2.70. The SMILES string of the molecule is COC(=O)c1c(NC(=O)Cc2c(C)noc2C)sc(C)c1C. The van der Waals surface area contributed by atoms with Gasteiger partial charge in [-0.25, -0.2) is 4.79 Å². The van der Waals surface area contributed by atoms with Crippen molar-refractivity contribution < 1.29 is 18.8 Å². The predicted octanol–water partition coefficient (Wildman–Crippen LogP) is 2.94. The standard InChI is InChI=1S/C15H18N2O4S/c1-7-10(4)22-14(13(7)15(19)20-5)16-12(18)6-11-8(2)17-21-9(11)3/h6H2,1-5H3,(H,16,18). The number of esters is 1. The highest BCUT2D eigenvalue weighted by Crippen LogP contribution is 2.33. The van der Waals surface area contributed by atoms with Crippen molar-refractivity contribution in [2.75, 3.05) is 12.4 Å². The molecular weight excluding hydrogens is 304 g/mol. The minimum atomic E-state index is -0.450. The van der Waals surface area contributed by atoms with Gasteiger partial charge in [-0.15, -0.1) is 11.3 Å². The fraction of sp³-hybridized carbons (Fsp3) is 0.400. The molecule has 0 aliphatic heterocycles. The molecule has 0 aliphatic rings. The van der Waals surface area contributed by atoms with E-state index in [1.54, 1.807) is 13.8 Å². The molecule has 1 amide bonds. The van der Waals surface area contributed by atoms with Gasteiger partial charge < -0.3 is 14.6 Å². The van der Waals surface area contributed by atoms with Crippen LogP contribution in [0.5, 0.6) is 0 Å². The number of amides is 1. The number of aryl methyl sites for hydroxylation is 3. The van der Waals surface area contributed by atoms with Crippen molar-refractivity contribution in [2.24, 2.45) is 0 Å². The molecule has 0 spiro atoms. The van der Waals surface area contributed by atoms with Crippen molar-refractivity contribution in [3.05, 3.63) is 33.0 Å². The van der Waals surface area contributed by atoms with Gasteiger partial charge in [-0.05, 0) is 33.3 Å².